The van der Waals surface area contributed by atoms with Crippen molar-refractivity contribution in [3.63, 3.8) is 0 Å². The summed E-state index contributed by atoms with van der Waals surface area (Å²) in [6.45, 7) is 0. The average molecular weight is 371 g/mol. The molecule has 1 fully saturated rings. The minimum atomic E-state index is -0.324. The number of hydrogen-bond acceptors (Lipinski definition) is 4. The Morgan fingerprint density at radius 2 is 2.15 bits per heavy atom. The van der Waals surface area contributed by atoms with Crippen molar-refractivity contribution in [3.8, 4) is 0 Å². The second-order valence-electron chi connectivity index (χ2n) is 6.80. The number of aromatic nitrogens is 3. The van der Waals surface area contributed by atoms with Gasteiger partial charge in [0.15, 0.2) is 5.69 Å². The number of carbonyl (C=O) groups is 1. The van der Waals surface area contributed by atoms with Crippen LogP contribution in [0, 0.1) is 5.92 Å². The molecule has 7 heteroatoms. The number of aryl methyl sites for hydroxylation is 1. The van der Waals surface area contributed by atoms with Crippen LogP contribution in [0.4, 0.5) is 0 Å². The van der Waals surface area contributed by atoms with E-state index in [0.717, 1.165) is 16.5 Å². The SMILES string of the molecule is Cn1cc(Cl)c(C(=O)NC(c2cnc3ccccc3c2)C2CC(O)C2)n1. The third kappa shape index (κ3) is 3.18. The lowest BCUT2D eigenvalue weighted by atomic mass is 9.75. The van der Waals surface area contributed by atoms with Crippen LogP contribution in [0.25, 0.3) is 10.9 Å². The number of amides is 1. The van der Waals surface area contributed by atoms with Crippen LogP contribution in [0.3, 0.4) is 0 Å². The van der Waals surface area contributed by atoms with Gasteiger partial charge in [0.1, 0.15) is 0 Å². The van der Waals surface area contributed by atoms with E-state index in [4.69, 9.17) is 11.6 Å². The molecule has 1 atom stereocenters. The Balaban J connectivity index is 1.65. The molecular formula is C19H19ClN4O2. The van der Waals surface area contributed by atoms with Gasteiger partial charge in [-0.1, -0.05) is 29.8 Å². The van der Waals surface area contributed by atoms with E-state index in [0.29, 0.717) is 17.9 Å². The van der Waals surface area contributed by atoms with Crippen LogP contribution in [0.15, 0.2) is 42.7 Å². The zero-order valence-electron chi connectivity index (χ0n) is 14.3. The lowest BCUT2D eigenvalue weighted by Crippen LogP contribution is -2.41. The molecule has 2 aromatic heterocycles. The van der Waals surface area contributed by atoms with Crippen LogP contribution in [0.5, 0.6) is 0 Å². The second kappa shape index (κ2) is 6.70. The zero-order chi connectivity index (χ0) is 18.3. The van der Waals surface area contributed by atoms with Crippen LogP contribution in [-0.4, -0.2) is 31.9 Å². The Morgan fingerprint density at radius 1 is 1.38 bits per heavy atom. The lowest BCUT2D eigenvalue weighted by molar-refractivity contribution is 0.0234. The van der Waals surface area contributed by atoms with Gasteiger partial charge in [0, 0.05) is 24.8 Å². The maximum Gasteiger partial charge on any atom is 0.273 e. The molecule has 3 aromatic rings. The molecule has 2 heterocycles. The molecule has 134 valence electrons. The van der Waals surface area contributed by atoms with E-state index in [-0.39, 0.29) is 29.7 Å². The van der Waals surface area contributed by atoms with Crippen molar-refractivity contribution in [3.05, 3.63) is 59.0 Å². The Hall–Kier alpha value is -2.44. The molecule has 1 saturated carbocycles. The molecule has 0 spiro atoms. The smallest absolute Gasteiger partial charge is 0.273 e. The third-order valence-corrected chi connectivity index (χ3v) is 5.15. The average Bonchev–Trinajstić information content (AvgIpc) is 2.95. The summed E-state index contributed by atoms with van der Waals surface area (Å²) in [6.07, 6.45) is 4.36. The molecule has 1 amide bonds. The van der Waals surface area contributed by atoms with Gasteiger partial charge >= 0.3 is 0 Å². The van der Waals surface area contributed by atoms with Crippen LogP contribution in [0.2, 0.25) is 5.02 Å². The number of carbonyl (C=O) groups excluding carboxylic acids is 1. The molecule has 26 heavy (non-hydrogen) atoms. The van der Waals surface area contributed by atoms with Crippen LogP contribution in [-0.2, 0) is 7.05 Å². The Morgan fingerprint density at radius 3 is 2.85 bits per heavy atom. The first-order valence-corrected chi connectivity index (χ1v) is 8.92. The fourth-order valence-electron chi connectivity index (χ4n) is 3.46. The van der Waals surface area contributed by atoms with Gasteiger partial charge in [-0.05, 0) is 36.5 Å². The Kier molecular flexibility index (Phi) is 4.38. The Labute approximate surface area is 155 Å². The van der Waals surface area contributed by atoms with E-state index < -0.39 is 0 Å². The van der Waals surface area contributed by atoms with Gasteiger partial charge in [-0.3, -0.25) is 14.5 Å². The molecule has 1 aliphatic carbocycles. The summed E-state index contributed by atoms with van der Waals surface area (Å²) < 4.78 is 1.51. The van der Waals surface area contributed by atoms with Crippen LogP contribution in [0.1, 0.15) is 34.9 Å². The van der Waals surface area contributed by atoms with Crippen molar-refractivity contribution in [2.45, 2.75) is 25.0 Å². The number of nitrogens with one attached hydrogen (secondary N) is 1. The van der Waals surface area contributed by atoms with Gasteiger partial charge in [0.2, 0.25) is 0 Å². The normalized spacial score (nSPS) is 20.6. The number of fused-ring (bicyclic) bond motifs is 1. The number of halogens is 1. The minimum absolute atomic E-state index is 0.152. The monoisotopic (exact) mass is 370 g/mol. The first kappa shape index (κ1) is 17.0. The maximum absolute atomic E-state index is 12.7. The predicted octanol–water partition coefficient (Wildman–Crippen LogP) is 2.86. The summed E-state index contributed by atoms with van der Waals surface area (Å²) in [5.41, 5.74) is 2.02. The quantitative estimate of drug-likeness (QED) is 0.740. The van der Waals surface area contributed by atoms with E-state index in [2.05, 4.69) is 15.4 Å². The van der Waals surface area contributed by atoms with Gasteiger partial charge in [0.25, 0.3) is 5.91 Å². The first-order chi connectivity index (χ1) is 12.5. The zero-order valence-corrected chi connectivity index (χ0v) is 15.0. The van der Waals surface area contributed by atoms with Crippen molar-refractivity contribution in [2.75, 3.05) is 0 Å². The number of aliphatic hydroxyl groups is 1. The predicted molar refractivity (Wildman–Crippen MR) is 98.9 cm³/mol. The standard InChI is InChI=1S/C19H19ClN4O2/c1-24-10-15(20)18(23-24)19(26)22-17(12-7-14(25)8-12)13-6-11-4-2-3-5-16(11)21-9-13/h2-6,9-10,12,14,17,25H,7-8H2,1H3,(H,22,26). The fourth-order valence-corrected chi connectivity index (χ4v) is 3.72. The van der Waals surface area contributed by atoms with E-state index in [1.807, 2.05) is 30.3 Å². The highest BCUT2D eigenvalue weighted by Gasteiger charge is 2.36. The van der Waals surface area contributed by atoms with Crippen molar-refractivity contribution in [1.29, 1.82) is 0 Å². The highest BCUT2D eigenvalue weighted by atomic mass is 35.5. The number of benzene rings is 1. The van der Waals surface area contributed by atoms with Gasteiger partial charge in [-0.2, -0.15) is 5.10 Å². The van der Waals surface area contributed by atoms with Gasteiger partial charge < -0.3 is 10.4 Å². The largest absolute Gasteiger partial charge is 0.393 e. The van der Waals surface area contributed by atoms with Gasteiger partial charge in [0.05, 0.1) is 22.7 Å². The van der Waals surface area contributed by atoms with E-state index in [1.54, 1.807) is 19.4 Å². The molecule has 2 N–H and O–H groups in total. The number of rotatable bonds is 4. The number of hydrogen-bond donors (Lipinski definition) is 2. The molecule has 0 bridgehead atoms. The highest BCUT2D eigenvalue weighted by molar-refractivity contribution is 6.33. The molecule has 6 nitrogen and oxygen atoms in total. The van der Waals surface area contributed by atoms with Crippen molar-refractivity contribution in [2.24, 2.45) is 13.0 Å². The molecule has 0 aliphatic heterocycles. The van der Waals surface area contributed by atoms with Gasteiger partial charge in [-0.25, -0.2) is 0 Å². The Bertz CT molecular complexity index is 965. The lowest BCUT2D eigenvalue weighted by Gasteiger charge is -2.38. The topological polar surface area (TPSA) is 80.0 Å². The second-order valence-corrected chi connectivity index (χ2v) is 7.20. The highest BCUT2D eigenvalue weighted by Crippen LogP contribution is 2.38. The summed E-state index contributed by atoms with van der Waals surface area (Å²) in [4.78, 5) is 17.2. The number of para-hydroxylation sites is 1. The number of pyridine rings is 1. The number of nitrogens with zero attached hydrogens (tertiary/aromatic N) is 3. The van der Waals surface area contributed by atoms with Crippen molar-refractivity contribution in [1.82, 2.24) is 20.1 Å². The molecule has 1 unspecified atom stereocenters. The summed E-state index contributed by atoms with van der Waals surface area (Å²) in [6, 6.07) is 9.64. The summed E-state index contributed by atoms with van der Waals surface area (Å²) in [7, 11) is 1.72. The molecular weight excluding hydrogens is 352 g/mol. The maximum atomic E-state index is 12.7. The van der Waals surface area contributed by atoms with Gasteiger partial charge in [-0.15, -0.1) is 0 Å². The first-order valence-electron chi connectivity index (χ1n) is 8.54. The summed E-state index contributed by atoms with van der Waals surface area (Å²) in [5, 5.41) is 18.2. The van der Waals surface area contributed by atoms with E-state index in [1.165, 1.54) is 4.68 Å². The third-order valence-electron chi connectivity index (χ3n) is 4.88. The van der Waals surface area contributed by atoms with Crippen molar-refractivity contribution < 1.29 is 9.90 Å². The number of aliphatic hydroxyl groups excluding tert-OH is 1. The molecule has 0 saturated heterocycles. The molecule has 1 aliphatic rings. The summed E-state index contributed by atoms with van der Waals surface area (Å²) >= 11 is 6.10. The van der Waals surface area contributed by atoms with Crippen LogP contribution >= 0.6 is 11.6 Å². The summed E-state index contributed by atoms with van der Waals surface area (Å²) in [5.74, 6) is -0.172. The molecule has 0 radical (unpaired) electrons. The fraction of sp³-hybridized carbons (Fsp3) is 0.316. The van der Waals surface area contributed by atoms with Crippen LogP contribution < -0.4 is 5.32 Å². The van der Waals surface area contributed by atoms with E-state index in [9.17, 15) is 9.90 Å². The molecule has 4 rings (SSSR count). The minimum Gasteiger partial charge on any atom is -0.393 e. The molecule has 1 aromatic carbocycles. The van der Waals surface area contributed by atoms with E-state index >= 15 is 0 Å². The van der Waals surface area contributed by atoms with Crippen molar-refractivity contribution >= 4 is 28.4 Å².